The molecular formula is C11H22N2OSi. The summed E-state index contributed by atoms with van der Waals surface area (Å²) in [4.78, 5) is 7.43. The number of imidazole rings is 1. The van der Waals surface area contributed by atoms with Gasteiger partial charge in [-0.05, 0) is 26.1 Å². The van der Waals surface area contributed by atoms with Gasteiger partial charge < -0.3 is 9.41 Å². The number of unbranched alkanes of at least 4 members (excludes halogenated alkanes) is 1. The number of nitrogens with one attached hydrogen (secondary N) is 1. The normalized spacial score (nSPS) is 12.0. The van der Waals surface area contributed by atoms with Crippen molar-refractivity contribution in [3.63, 3.8) is 0 Å². The molecule has 1 N–H and O–H groups in total. The van der Waals surface area contributed by atoms with E-state index in [1.54, 1.807) is 0 Å². The van der Waals surface area contributed by atoms with E-state index in [4.69, 9.17) is 4.43 Å². The third-order valence-corrected chi connectivity index (χ3v) is 4.97. The van der Waals surface area contributed by atoms with Crippen molar-refractivity contribution >= 4 is 8.32 Å². The molecule has 0 saturated heterocycles. The zero-order valence-electron chi connectivity index (χ0n) is 10.3. The van der Waals surface area contributed by atoms with E-state index in [9.17, 15) is 0 Å². The van der Waals surface area contributed by atoms with E-state index in [0.29, 0.717) is 6.61 Å². The van der Waals surface area contributed by atoms with Crippen LogP contribution in [0.15, 0.2) is 6.20 Å². The summed E-state index contributed by atoms with van der Waals surface area (Å²) in [5.41, 5.74) is 1.10. The van der Waals surface area contributed by atoms with Crippen LogP contribution in [0.5, 0.6) is 0 Å². The SMILES string of the molecule is CCCC[Si](C)(C)OCc1ncc(C)[nH]1. The van der Waals surface area contributed by atoms with Crippen molar-refractivity contribution in [2.75, 3.05) is 0 Å². The van der Waals surface area contributed by atoms with Crippen LogP contribution in [-0.2, 0) is 11.0 Å². The van der Waals surface area contributed by atoms with Crippen LogP contribution in [0.25, 0.3) is 0 Å². The standard InChI is InChI=1S/C11H22N2OSi/c1-5-6-7-15(3,4)14-9-11-12-8-10(2)13-11/h8H,5-7,9H2,1-4H3,(H,12,13). The molecular weight excluding hydrogens is 204 g/mol. The molecule has 0 aromatic carbocycles. The van der Waals surface area contributed by atoms with Gasteiger partial charge in [0.05, 0.1) is 6.61 Å². The Labute approximate surface area is 93.4 Å². The van der Waals surface area contributed by atoms with Crippen molar-refractivity contribution < 1.29 is 4.43 Å². The van der Waals surface area contributed by atoms with Gasteiger partial charge in [-0.3, -0.25) is 0 Å². The van der Waals surface area contributed by atoms with Gasteiger partial charge in [-0.25, -0.2) is 4.98 Å². The second-order valence-electron chi connectivity index (χ2n) is 4.66. The summed E-state index contributed by atoms with van der Waals surface area (Å²) in [7, 11) is -1.46. The summed E-state index contributed by atoms with van der Waals surface area (Å²) in [5, 5.41) is 0. The molecule has 0 aliphatic rings. The van der Waals surface area contributed by atoms with Crippen molar-refractivity contribution in [1.82, 2.24) is 9.97 Å². The third kappa shape index (κ3) is 4.62. The summed E-state index contributed by atoms with van der Waals surface area (Å²) in [6, 6.07) is 1.24. The number of aromatic nitrogens is 2. The smallest absolute Gasteiger partial charge is 0.187 e. The molecule has 86 valence electrons. The van der Waals surface area contributed by atoms with Crippen LogP contribution in [0.3, 0.4) is 0 Å². The lowest BCUT2D eigenvalue weighted by Crippen LogP contribution is -2.29. The number of nitrogens with zero attached hydrogens (tertiary/aromatic N) is 1. The lowest BCUT2D eigenvalue weighted by atomic mass is 10.4. The number of aryl methyl sites for hydroxylation is 1. The van der Waals surface area contributed by atoms with Crippen LogP contribution < -0.4 is 0 Å². The molecule has 4 heteroatoms. The minimum atomic E-state index is -1.46. The Morgan fingerprint density at radius 1 is 1.47 bits per heavy atom. The maximum absolute atomic E-state index is 5.98. The van der Waals surface area contributed by atoms with Gasteiger partial charge in [0.25, 0.3) is 0 Å². The Hall–Kier alpha value is -0.613. The monoisotopic (exact) mass is 226 g/mol. The second-order valence-corrected chi connectivity index (χ2v) is 8.97. The van der Waals surface area contributed by atoms with Crippen LogP contribution in [0.2, 0.25) is 19.1 Å². The van der Waals surface area contributed by atoms with Gasteiger partial charge in [0.1, 0.15) is 5.82 Å². The number of hydrogen-bond acceptors (Lipinski definition) is 2. The fourth-order valence-corrected chi connectivity index (χ4v) is 3.36. The molecule has 0 unspecified atom stereocenters. The average Bonchev–Trinajstić information content (AvgIpc) is 2.59. The predicted octanol–water partition coefficient (Wildman–Crippen LogP) is 3.24. The highest BCUT2D eigenvalue weighted by molar-refractivity contribution is 6.71. The topological polar surface area (TPSA) is 37.9 Å². The van der Waals surface area contributed by atoms with Crippen LogP contribution in [-0.4, -0.2) is 18.3 Å². The highest BCUT2D eigenvalue weighted by Gasteiger charge is 2.21. The van der Waals surface area contributed by atoms with Gasteiger partial charge in [-0.15, -0.1) is 0 Å². The molecule has 15 heavy (non-hydrogen) atoms. The Bertz CT molecular complexity index is 297. The summed E-state index contributed by atoms with van der Waals surface area (Å²) < 4.78 is 5.98. The zero-order valence-corrected chi connectivity index (χ0v) is 11.3. The highest BCUT2D eigenvalue weighted by Crippen LogP contribution is 2.16. The zero-order chi connectivity index (χ0) is 11.3. The van der Waals surface area contributed by atoms with E-state index in [0.717, 1.165) is 11.5 Å². The van der Waals surface area contributed by atoms with Crippen LogP contribution in [0.1, 0.15) is 31.3 Å². The molecule has 0 spiro atoms. The quantitative estimate of drug-likeness (QED) is 0.756. The van der Waals surface area contributed by atoms with Gasteiger partial charge in [0, 0.05) is 11.9 Å². The number of hydrogen-bond donors (Lipinski definition) is 1. The molecule has 0 aliphatic heterocycles. The van der Waals surface area contributed by atoms with Gasteiger partial charge in [0.2, 0.25) is 0 Å². The molecule has 1 heterocycles. The molecule has 0 aliphatic carbocycles. The van der Waals surface area contributed by atoms with Gasteiger partial charge in [-0.1, -0.05) is 19.8 Å². The van der Waals surface area contributed by atoms with E-state index in [2.05, 4.69) is 30.0 Å². The molecule has 3 nitrogen and oxygen atoms in total. The molecule has 0 radical (unpaired) electrons. The number of aromatic amines is 1. The molecule has 0 atom stereocenters. The highest BCUT2D eigenvalue weighted by atomic mass is 28.4. The minimum Gasteiger partial charge on any atom is -0.410 e. The maximum Gasteiger partial charge on any atom is 0.187 e. The van der Waals surface area contributed by atoms with E-state index >= 15 is 0 Å². The van der Waals surface area contributed by atoms with Gasteiger partial charge in [0.15, 0.2) is 8.32 Å². The maximum atomic E-state index is 5.98. The number of rotatable bonds is 6. The largest absolute Gasteiger partial charge is 0.410 e. The summed E-state index contributed by atoms with van der Waals surface area (Å²) in [6.07, 6.45) is 4.37. The summed E-state index contributed by atoms with van der Waals surface area (Å²) in [5.74, 6) is 0.949. The molecule has 1 aromatic heterocycles. The fourth-order valence-electron chi connectivity index (χ4n) is 1.48. The van der Waals surface area contributed by atoms with Crippen molar-refractivity contribution in [2.24, 2.45) is 0 Å². The van der Waals surface area contributed by atoms with E-state index in [-0.39, 0.29) is 0 Å². The predicted molar refractivity (Wildman–Crippen MR) is 65.3 cm³/mol. The molecule has 0 saturated carbocycles. The van der Waals surface area contributed by atoms with Crippen LogP contribution in [0.4, 0.5) is 0 Å². The molecule has 1 rings (SSSR count). The van der Waals surface area contributed by atoms with Crippen molar-refractivity contribution in [3.8, 4) is 0 Å². The first-order valence-corrected chi connectivity index (χ1v) is 8.79. The van der Waals surface area contributed by atoms with Gasteiger partial charge >= 0.3 is 0 Å². The molecule has 0 fully saturated rings. The second kappa shape index (κ2) is 5.46. The lowest BCUT2D eigenvalue weighted by Gasteiger charge is -2.21. The van der Waals surface area contributed by atoms with Crippen molar-refractivity contribution in [2.45, 2.75) is 52.4 Å². The number of H-pyrrole nitrogens is 1. The summed E-state index contributed by atoms with van der Waals surface area (Å²) >= 11 is 0. The first-order chi connectivity index (χ1) is 7.03. The van der Waals surface area contributed by atoms with E-state index in [1.807, 2.05) is 13.1 Å². The van der Waals surface area contributed by atoms with Crippen LogP contribution >= 0.6 is 0 Å². The Balaban J connectivity index is 2.35. The molecule has 1 aromatic rings. The third-order valence-electron chi connectivity index (χ3n) is 2.49. The average molecular weight is 226 g/mol. The van der Waals surface area contributed by atoms with E-state index < -0.39 is 8.32 Å². The van der Waals surface area contributed by atoms with E-state index in [1.165, 1.54) is 18.9 Å². The summed E-state index contributed by atoms with van der Waals surface area (Å²) in [6.45, 7) is 9.42. The Morgan fingerprint density at radius 2 is 2.20 bits per heavy atom. The molecule has 0 amide bonds. The van der Waals surface area contributed by atoms with Gasteiger partial charge in [-0.2, -0.15) is 0 Å². The Kier molecular flexibility index (Phi) is 4.54. The molecule has 0 bridgehead atoms. The van der Waals surface area contributed by atoms with Crippen LogP contribution in [0, 0.1) is 6.92 Å². The minimum absolute atomic E-state index is 0.636. The first-order valence-electron chi connectivity index (χ1n) is 5.68. The Morgan fingerprint density at radius 3 is 2.73 bits per heavy atom. The fraction of sp³-hybridized carbons (Fsp3) is 0.727. The van der Waals surface area contributed by atoms with Crippen molar-refractivity contribution in [1.29, 1.82) is 0 Å². The lowest BCUT2D eigenvalue weighted by molar-refractivity contribution is 0.285. The van der Waals surface area contributed by atoms with Crippen molar-refractivity contribution in [3.05, 3.63) is 17.7 Å². The first kappa shape index (κ1) is 12.5.